The first-order valence-corrected chi connectivity index (χ1v) is 5.79. The van der Waals surface area contributed by atoms with Gasteiger partial charge in [-0.1, -0.05) is 0 Å². The van der Waals surface area contributed by atoms with Crippen LogP contribution >= 0.6 is 0 Å². The lowest BCUT2D eigenvalue weighted by Crippen LogP contribution is -2.45. The van der Waals surface area contributed by atoms with Gasteiger partial charge in [0.2, 0.25) is 0 Å². The number of rotatable bonds is 3. The van der Waals surface area contributed by atoms with Gasteiger partial charge >= 0.3 is 18.3 Å². The number of primary amides is 1. The summed E-state index contributed by atoms with van der Waals surface area (Å²) < 4.78 is 39.9. The molecule has 0 aliphatic carbocycles. The van der Waals surface area contributed by atoms with Crippen LogP contribution in [0.4, 0.5) is 22.8 Å². The number of urea groups is 1. The molecular weight excluding hydrogens is 267 g/mol. The minimum atomic E-state index is -4.53. The molecule has 0 saturated carbocycles. The van der Waals surface area contributed by atoms with Crippen molar-refractivity contribution in [3.63, 3.8) is 0 Å². The fourth-order valence-corrected chi connectivity index (χ4v) is 1.88. The molecule has 19 heavy (non-hydrogen) atoms. The fourth-order valence-electron chi connectivity index (χ4n) is 1.88. The summed E-state index contributed by atoms with van der Waals surface area (Å²) in [6.45, 7) is -0.703. The quantitative estimate of drug-likeness (QED) is 0.812. The van der Waals surface area contributed by atoms with E-state index in [2.05, 4.69) is 10.1 Å². The lowest BCUT2D eigenvalue weighted by Gasteiger charge is -2.32. The first kappa shape index (κ1) is 15.4. The number of amides is 3. The van der Waals surface area contributed by atoms with E-state index in [0.717, 1.165) is 6.42 Å². The maximum absolute atomic E-state index is 11.9. The predicted molar refractivity (Wildman–Crippen MR) is 59.3 cm³/mol. The lowest BCUT2D eigenvalue weighted by atomic mass is 9.98. The Labute approximate surface area is 108 Å². The van der Waals surface area contributed by atoms with E-state index in [-0.39, 0.29) is 12.5 Å². The number of hydrogen-bond acceptors (Lipinski definition) is 3. The number of nitrogens with one attached hydrogen (secondary N) is 1. The maximum atomic E-state index is 11.9. The predicted octanol–water partition coefficient (Wildman–Crippen LogP) is 1.07. The van der Waals surface area contributed by atoms with Gasteiger partial charge in [0.1, 0.15) is 0 Å². The molecule has 1 heterocycles. The monoisotopic (exact) mass is 283 g/mol. The summed E-state index contributed by atoms with van der Waals surface area (Å²) in [6, 6.07) is -0.670. The Morgan fingerprint density at radius 1 is 1.42 bits per heavy atom. The molecule has 0 aromatic heterocycles. The summed E-state index contributed by atoms with van der Waals surface area (Å²) in [7, 11) is 0. The van der Waals surface area contributed by atoms with Crippen LogP contribution in [0.15, 0.2) is 0 Å². The van der Waals surface area contributed by atoms with Crippen LogP contribution in [0.25, 0.3) is 0 Å². The second-order valence-corrected chi connectivity index (χ2v) is 4.37. The summed E-state index contributed by atoms with van der Waals surface area (Å²) >= 11 is 0. The summed E-state index contributed by atoms with van der Waals surface area (Å²) in [5.41, 5.74) is 4.92. The van der Waals surface area contributed by atoms with E-state index < -0.39 is 24.9 Å². The third-order valence-electron chi connectivity index (χ3n) is 2.70. The molecule has 1 rings (SSSR count). The molecule has 0 aromatic rings. The second-order valence-electron chi connectivity index (χ2n) is 4.37. The number of piperidine rings is 1. The summed E-state index contributed by atoms with van der Waals surface area (Å²) in [4.78, 5) is 23.2. The molecule has 0 unspecified atom stereocenters. The normalized spacial score (nSPS) is 19.9. The Hall–Kier alpha value is -1.67. The van der Waals surface area contributed by atoms with Gasteiger partial charge in [0.05, 0.1) is 0 Å². The van der Waals surface area contributed by atoms with Crippen molar-refractivity contribution in [1.29, 1.82) is 0 Å². The Bertz CT molecular complexity index is 336. The third kappa shape index (κ3) is 6.16. The molecular formula is C10H16F3N3O3. The van der Waals surface area contributed by atoms with E-state index in [0.29, 0.717) is 19.5 Å². The molecule has 6 nitrogen and oxygen atoms in total. The van der Waals surface area contributed by atoms with Crippen LogP contribution in [0.3, 0.4) is 0 Å². The molecule has 0 spiro atoms. The van der Waals surface area contributed by atoms with Gasteiger partial charge in [-0.25, -0.2) is 9.59 Å². The topological polar surface area (TPSA) is 84.7 Å². The number of halogens is 3. The van der Waals surface area contributed by atoms with Crippen molar-refractivity contribution >= 4 is 12.1 Å². The molecule has 1 fully saturated rings. The maximum Gasteiger partial charge on any atom is 0.422 e. The van der Waals surface area contributed by atoms with Crippen molar-refractivity contribution in [2.45, 2.75) is 19.0 Å². The highest BCUT2D eigenvalue weighted by atomic mass is 19.4. The van der Waals surface area contributed by atoms with Crippen LogP contribution < -0.4 is 11.1 Å². The molecule has 1 aliphatic rings. The smallest absolute Gasteiger partial charge is 0.422 e. The molecule has 1 saturated heterocycles. The second kappa shape index (κ2) is 6.48. The van der Waals surface area contributed by atoms with E-state index in [1.807, 2.05) is 0 Å². The Kier molecular flexibility index (Phi) is 5.25. The zero-order valence-electron chi connectivity index (χ0n) is 10.2. The van der Waals surface area contributed by atoms with Crippen LogP contribution in [-0.2, 0) is 4.74 Å². The van der Waals surface area contributed by atoms with Gasteiger partial charge in [0.25, 0.3) is 0 Å². The van der Waals surface area contributed by atoms with Crippen LogP contribution in [0.5, 0.6) is 0 Å². The molecule has 1 atom stereocenters. The van der Waals surface area contributed by atoms with E-state index in [9.17, 15) is 22.8 Å². The van der Waals surface area contributed by atoms with Gasteiger partial charge < -0.3 is 20.7 Å². The standard InChI is InChI=1S/C10H16F3N3O3/c11-10(12,13)6-19-9(18)16-3-1-2-7(5-16)4-15-8(14)17/h7H,1-6H2,(H3,14,15,17)/t7-/m0/s1. The average molecular weight is 283 g/mol. The van der Waals surface area contributed by atoms with Gasteiger partial charge in [0, 0.05) is 19.6 Å². The largest absolute Gasteiger partial charge is 0.440 e. The van der Waals surface area contributed by atoms with Crippen molar-refractivity contribution in [3.8, 4) is 0 Å². The molecule has 0 bridgehead atoms. The zero-order chi connectivity index (χ0) is 14.5. The number of carbonyl (C=O) groups excluding carboxylic acids is 2. The number of alkyl halides is 3. The van der Waals surface area contributed by atoms with E-state index in [1.54, 1.807) is 0 Å². The lowest BCUT2D eigenvalue weighted by molar-refractivity contribution is -0.162. The zero-order valence-corrected chi connectivity index (χ0v) is 10.2. The van der Waals surface area contributed by atoms with Crippen molar-refractivity contribution in [1.82, 2.24) is 10.2 Å². The van der Waals surface area contributed by atoms with Crippen molar-refractivity contribution < 1.29 is 27.5 Å². The van der Waals surface area contributed by atoms with Crippen molar-refractivity contribution in [2.24, 2.45) is 11.7 Å². The molecule has 3 N–H and O–H groups in total. The van der Waals surface area contributed by atoms with E-state index in [1.165, 1.54) is 4.90 Å². The number of carbonyl (C=O) groups is 2. The number of hydrogen-bond donors (Lipinski definition) is 2. The van der Waals surface area contributed by atoms with Gasteiger partial charge in [-0.2, -0.15) is 13.2 Å². The first-order valence-electron chi connectivity index (χ1n) is 5.79. The van der Waals surface area contributed by atoms with Crippen LogP contribution in [0.1, 0.15) is 12.8 Å². The molecule has 3 amide bonds. The third-order valence-corrected chi connectivity index (χ3v) is 2.70. The SMILES string of the molecule is NC(=O)NC[C@@H]1CCCN(C(=O)OCC(F)(F)F)C1. The number of ether oxygens (including phenoxy) is 1. The Balaban J connectivity index is 2.37. The van der Waals surface area contributed by atoms with Crippen LogP contribution in [-0.4, -0.2) is 49.4 Å². The molecule has 0 radical (unpaired) electrons. The number of nitrogens with zero attached hydrogens (tertiary/aromatic N) is 1. The van der Waals surface area contributed by atoms with Gasteiger partial charge in [-0.15, -0.1) is 0 Å². The van der Waals surface area contributed by atoms with Crippen LogP contribution in [0.2, 0.25) is 0 Å². The fraction of sp³-hybridized carbons (Fsp3) is 0.800. The minimum Gasteiger partial charge on any atom is -0.440 e. The first-order chi connectivity index (χ1) is 8.78. The summed E-state index contributed by atoms with van der Waals surface area (Å²) in [5.74, 6) is -0.0281. The van der Waals surface area contributed by atoms with Gasteiger partial charge in [-0.3, -0.25) is 0 Å². The highest BCUT2D eigenvalue weighted by molar-refractivity contribution is 5.71. The molecule has 9 heteroatoms. The number of nitrogens with two attached hydrogens (primary N) is 1. The van der Waals surface area contributed by atoms with Gasteiger partial charge in [0.15, 0.2) is 6.61 Å². The highest BCUT2D eigenvalue weighted by Gasteiger charge is 2.32. The Morgan fingerprint density at radius 2 is 2.11 bits per heavy atom. The minimum absolute atomic E-state index is 0.0281. The van der Waals surface area contributed by atoms with Crippen LogP contribution in [0, 0.1) is 5.92 Å². The number of likely N-dealkylation sites (tertiary alicyclic amines) is 1. The molecule has 0 aromatic carbocycles. The summed E-state index contributed by atoms with van der Waals surface area (Å²) in [6.07, 6.45) is -4.10. The summed E-state index contributed by atoms with van der Waals surface area (Å²) in [5, 5.41) is 2.41. The van der Waals surface area contributed by atoms with E-state index >= 15 is 0 Å². The average Bonchev–Trinajstić information content (AvgIpc) is 2.33. The Morgan fingerprint density at radius 3 is 2.68 bits per heavy atom. The van der Waals surface area contributed by atoms with Gasteiger partial charge in [-0.05, 0) is 18.8 Å². The van der Waals surface area contributed by atoms with Crippen molar-refractivity contribution in [3.05, 3.63) is 0 Å². The van der Waals surface area contributed by atoms with E-state index in [4.69, 9.17) is 5.73 Å². The molecule has 110 valence electrons. The van der Waals surface area contributed by atoms with Crippen molar-refractivity contribution in [2.75, 3.05) is 26.2 Å². The highest BCUT2D eigenvalue weighted by Crippen LogP contribution is 2.19. The molecule has 1 aliphatic heterocycles.